The highest BCUT2D eigenvalue weighted by atomic mass is 32.1. The van der Waals surface area contributed by atoms with Crippen molar-refractivity contribution in [3.8, 4) is 16.4 Å². The molecule has 0 saturated carbocycles. The molecule has 3 aromatic heterocycles. The van der Waals surface area contributed by atoms with Gasteiger partial charge in [-0.25, -0.2) is 14.1 Å². The molecule has 1 amide bonds. The Bertz CT molecular complexity index is 1360. The van der Waals surface area contributed by atoms with Gasteiger partial charge in [0.1, 0.15) is 5.82 Å². The van der Waals surface area contributed by atoms with E-state index in [1.165, 1.54) is 28.2 Å². The second-order valence-electron chi connectivity index (χ2n) is 6.94. The maximum absolute atomic E-state index is 13.8. The Labute approximate surface area is 186 Å². The highest BCUT2D eigenvalue weighted by molar-refractivity contribution is 7.13. The summed E-state index contributed by atoms with van der Waals surface area (Å²) in [6.07, 6.45) is 3.56. The van der Waals surface area contributed by atoms with Crippen molar-refractivity contribution >= 4 is 22.9 Å². The monoisotopic (exact) mass is 444 g/mol. The molecule has 0 aliphatic rings. The first-order chi connectivity index (χ1) is 15.7. The molecule has 158 valence electrons. The van der Waals surface area contributed by atoms with Crippen LogP contribution in [0.25, 0.3) is 16.4 Å². The SMILES string of the molecule is O=C(Nc1ccccc1Cn1cccn1)c1nc(-c2cccs2)n(-c2cccc(F)c2)n1. The highest BCUT2D eigenvalue weighted by Crippen LogP contribution is 2.26. The van der Waals surface area contributed by atoms with Crippen LogP contribution in [0.5, 0.6) is 0 Å². The molecule has 0 bridgehead atoms. The van der Waals surface area contributed by atoms with Gasteiger partial charge in [-0.3, -0.25) is 9.48 Å². The molecule has 0 aliphatic heterocycles. The van der Waals surface area contributed by atoms with E-state index in [0.717, 1.165) is 10.4 Å². The third-order valence-corrected chi connectivity index (χ3v) is 5.63. The minimum atomic E-state index is -0.453. The normalized spacial score (nSPS) is 10.9. The summed E-state index contributed by atoms with van der Waals surface area (Å²) >= 11 is 1.46. The number of anilines is 1. The molecule has 0 fully saturated rings. The Kier molecular flexibility index (Phi) is 5.30. The third-order valence-electron chi connectivity index (χ3n) is 4.76. The lowest BCUT2D eigenvalue weighted by Gasteiger charge is -2.10. The number of halogens is 1. The van der Waals surface area contributed by atoms with Crippen LogP contribution in [-0.4, -0.2) is 30.5 Å². The fourth-order valence-corrected chi connectivity index (χ4v) is 3.99. The minimum Gasteiger partial charge on any atom is -0.319 e. The van der Waals surface area contributed by atoms with E-state index in [1.807, 2.05) is 54.0 Å². The molecule has 1 N–H and O–H groups in total. The van der Waals surface area contributed by atoms with Crippen molar-refractivity contribution in [3.05, 3.63) is 102 Å². The molecule has 0 spiro atoms. The molecule has 5 aromatic rings. The van der Waals surface area contributed by atoms with Gasteiger partial charge in [-0.1, -0.05) is 30.3 Å². The van der Waals surface area contributed by atoms with E-state index in [1.54, 1.807) is 23.0 Å². The van der Waals surface area contributed by atoms with Crippen LogP contribution >= 0.6 is 11.3 Å². The zero-order valence-corrected chi connectivity index (χ0v) is 17.5. The molecule has 9 heteroatoms. The summed E-state index contributed by atoms with van der Waals surface area (Å²) in [4.78, 5) is 18.3. The van der Waals surface area contributed by atoms with Gasteiger partial charge in [0.15, 0.2) is 5.82 Å². The number of hydrogen-bond donors (Lipinski definition) is 1. The molecule has 0 atom stereocenters. The van der Waals surface area contributed by atoms with Crippen molar-refractivity contribution in [2.75, 3.05) is 5.32 Å². The minimum absolute atomic E-state index is 0.00782. The van der Waals surface area contributed by atoms with Gasteiger partial charge in [-0.15, -0.1) is 16.4 Å². The van der Waals surface area contributed by atoms with Gasteiger partial charge in [0, 0.05) is 18.1 Å². The maximum Gasteiger partial charge on any atom is 0.295 e. The van der Waals surface area contributed by atoms with E-state index in [2.05, 4.69) is 20.5 Å². The number of benzene rings is 2. The van der Waals surface area contributed by atoms with Crippen LogP contribution in [-0.2, 0) is 6.54 Å². The summed E-state index contributed by atoms with van der Waals surface area (Å²) in [6.45, 7) is 0.509. The van der Waals surface area contributed by atoms with Gasteiger partial charge in [0.25, 0.3) is 5.91 Å². The van der Waals surface area contributed by atoms with Crippen LogP contribution in [0.15, 0.2) is 84.5 Å². The molecule has 5 rings (SSSR count). The van der Waals surface area contributed by atoms with E-state index in [0.29, 0.717) is 23.7 Å². The van der Waals surface area contributed by atoms with Crippen molar-refractivity contribution < 1.29 is 9.18 Å². The Hall–Kier alpha value is -4.11. The second-order valence-corrected chi connectivity index (χ2v) is 7.89. The van der Waals surface area contributed by atoms with Crippen molar-refractivity contribution in [2.24, 2.45) is 0 Å². The van der Waals surface area contributed by atoms with Crippen LogP contribution in [0.1, 0.15) is 16.2 Å². The summed E-state index contributed by atoms with van der Waals surface area (Å²) < 4.78 is 17.1. The van der Waals surface area contributed by atoms with Crippen LogP contribution in [0.4, 0.5) is 10.1 Å². The molecule has 2 aromatic carbocycles. The van der Waals surface area contributed by atoms with Crippen LogP contribution in [0, 0.1) is 5.82 Å². The van der Waals surface area contributed by atoms with Gasteiger partial charge >= 0.3 is 0 Å². The van der Waals surface area contributed by atoms with Gasteiger partial charge in [0.2, 0.25) is 5.82 Å². The largest absolute Gasteiger partial charge is 0.319 e. The summed E-state index contributed by atoms with van der Waals surface area (Å²) in [6, 6.07) is 19.1. The van der Waals surface area contributed by atoms with Gasteiger partial charge in [0.05, 0.1) is 17.1 Å². The van der Waals surface area contributed by atoms with Gasteiger partial charge in [-0.05, 0) is 47.3 Å². The standard InChI is InChI=1S/C23H17FN6OS/c24-17-7-3-8-18(14-17)30-22(20-10-4-13-32-20)27-21(28-30)23(31)26-19-9-2-1-6-16(19)15-29-12-5-11-25-29/h1-14H,15H2,(H,26,31). The van der Waals surface area contributed by atoms with Crippen molar-refractivity contribution in [2.45, 2.75) is 6.54 Å². The number of hydrogen-bond acceptors (Lipinski definition) is 5. The lowest BCUT2D eigenvalue weighted by atomic mass is 10.1. The predicted octanol–water partition coefficient (Wildman–Crippen LogP) is 4.63. The number of thiophene rings is 1. The molecule has 0 aliphatic carbocycles. The van der Waals surface area contributed by atoms with Crippen molar-refractivity contribution in [3.63, 3.8) is 0 Å². The molecule has 0 saturated heterocycles. The number of nitrogens with one attached hydrogen (secondary N) is 1. The summed E-state index contributed by atoms with van der Waals surface area (Å²) in [7, 11) is 0. The average Bonchev–Trinajstić information content (AvgIpc) is 3.56. The lowest BCUT2D eigenvalue weighted by molar-refractivity contribution is 0.101. The van der Waals surface area contributed by atoms with Gasteiger partial charge < -0.3 is 5.32 Å². The van der Waals surface area contributed by atoms with Crippen molar-refractivity contribution in [1.29, 1.82) is 0 Å². The smallest absolute Gasteiger partial charge is 0.295 e. The third kappa shape index (κ3) is 4.06. The van der Waals surface area contributed by atoms with Crippen molar-refractivity contribution in [1.82, 2.24) is 24.5 Å². The molecular formula is C23H17FN6OS. The summed E-state index contributed by atoms with van der Waals surface area (Å²) in [5, 5.41) is 13.4. The van der Waals surface area contributed by atoms with Crippen LogP contribution < -0.4 is 5.32 Å². The van der Waals surface area contributed by atoms with Gasteiger partial charge in [-0.2, -0.15) is 5.10 Å². The summed E-state index contributed by atoms with van der Waals surface area (Å²) in [5.74, 6) is -0.383. The number of para-hydroxylation sites is 1. The Morgan fingerprint density at radius 2 is 1.97 bits per heavy atom. The first kappa shape index (κ1) is 19.8. The first-order valence-corrected chi connectivity index (χ1v) is 10.7. The number of amides is 1. The molecule has 0 radical (unpaired) electrons. The van der Waals surface area contributed by atoms with E-state index >= 15 is 0 Å². The Balaban J connectivity index is 1.48. The highest BCUT2D eigenvalue weighted by Gasteiger charge is 2.20. The molecule has 0 unspecified atom stereocenters. The predicted molar refractivity (Wildman–Crippen MR) is 120 cm³/mol. The molecule has 7 nitrogen and oxygen atoms in total. The Morgan fingerprint density at radius 1 is 1.06 bits per heavy atom. The lowest BCUT2D eigenvalue weighted by Crippen LogP contribution is -2.16. The molecule has 3 heterocycles. The van der Waals surface area contributed by atoms with E-state index < -0.39 is 11.7 Å². The first-order valence-electron chi connectivity index (χ1n) is 9.81. The quantitative estimate of drug-likeness (QED) is 0.414. The average molecular weight is 444 g/mol. The topological polar surface area (TPSA) is 77.6 Å². The maximum atomic E-state index is 13.8. The number of carbonyl (C=O) groups is 1. The fraction of sp³-hybridized carbons (Fsp3) is 0.0435. The Morgan fingerprint density at radius 3 is 2.75 bits per heavy atom. The number of nitrogens with zero attached hydrogens (tertiary/aromatic N) is 5. The van der Waals surface area contributed by atoms with E-state index in [4.69, 9.17) is 0 Å². The fourth-order valence-electron chi connectivity index (χ4n) is 3.29. The second kappa shape index (κ2) is 8.56. The number of rotatable bonds is 6. The van der Waals surface area contributed by atoms with Crippen LogP contribution in [0.3, 0.4) is 0 Å². The number of aromatic nitrogens is 5. The zero-order valence-electron chi connectivity index (χ0n) is 16.7. The van der Waals surface area contributed by atoms with E-state index in [9.17, 15) is 9.18 Å². The van der Waals surface area contributed by atoms with E-state index in [-0.39, 0.29) is 5.82 Å². The molecule has 32 heavy (non-hydrogen) atoms. The van der Waals surface area contributed by atoms with Crippen LogP contribution in [0.2, 0.25) is 0 Å². The molecular weight excluding hydrogens is 427 g/mol. The summed E-state index contributed by atoms with van der Waals surface area (Å²) in [5.41, 5.74) is 2.03. The number of carbonyl (C=O) groups excluding carboxylic acids is 1. The zero-order chi connectivity index (χ0) is 21.9.